The first-order valence-electron chi connectivity index (χ1n) is 9.36. The van der Waals surface area contributed by atoms with Crippen molar-refractivity contribution >= 4 is 5.96 Å². The van der Waals surface area contributed by atoms with Crippen LogP contribution in [0.3, 0.4) is 0 Å². The van der Waals surface area contributed by atoms with Crippen LogP contribution >= 0.6 is 0 Å². The summed E-state index contributed by atoms with van der Waals surface area (Å²) < 4.78 is 1.95. The average molecular weight is 361 g/mol. The number of nitrogens with one attached hydrogen (secondary N) is 2. The van der Waals surface area contributed by atoms with Gasteiger partial charge in [-0.2, -0.15) is 5.10 Å². The molecule has 0 amide bonds. The molecule has 1 heterocycles. The van der Waals surface area contributed by atoms with E-state index in [1.807, 2.05) is 29.1 Å². The van der Waals surface area contributed by atoms with Gasteiger partial charge in [0.2, 0.25) is 0 Å². The van der Waals surface area contributed by atoms with E-state index in [0.29, 0.717) is 6.54 Å². The Morgan fingerprint density at radius 3 is 2.56 bits per heavy atom. The Labute approximate surface area is 161 Å². The third kappa shape index (κ3) is 5.71. The predicted molar refractivity (Wildman–Crippen MR) is 111 cm³/mol. The lowest BCUT2D eigenvalue weighted by molar-refractivity contribution is 0.686. The number of nitrogens with zero attached hydrogens (tertiary/aromatic N) is 3. The number of aromatic nitrogens is 2. The number of benzene rings is 2. The second-order valence-corrected chi connectivity index (χ2v) is 6.51. The molecule has 0 spiro atoms. The molecule has 0 saturated carbocycles. The molecule has 2 N–H and O–H groups in total. The van der Waals surface area contributed by atoms with Crippen LogP contribution in [0.25, 0.3) is 0 Å². The van der Waals surface area contributed by atoms with E-state index in [1.165, 1.54) is 16.7 Å². The van der Waals surface area contributed by atoms with Gasteiger partial charge < -0.3 is 10.6 Å². The maximum Gasteiger partial charge on any atom is 0.191 e. The van der Waals surface area contributed by atoms with E-state index in [2.05, 4.69) is 77.2 Å². The van der Waals surface area contributed by atoms with E-state index in [1.54, 1.807) is 0 Å². The first-order chi connectivity index (χ1) is 13.2. The molecule has 1 aromatic heterocycles. The molecule has 0 aliphatic rings. The van der Waals surface area contributed by atoms with Crippen LogP contribution in [0.5, 0.6) is 0 Å². The Bertz CT molecular complexity index is 867. The maximum atomic E-state index is 4.69. The van der Waals surface area contributed by atoms with Gasteiger partial charge in [-0.3, -0.25) is 4.68 Å². The second-order valence-electron chi connectivity index (χ2n) is 6.51. The fourth-order valence-corrected chi connectivity index (χ4v) is 2.84. The van der Waals surface area contributed by atoms with Crippen LogP contribution in [-0.4, -0.2) is 22.3 Å². The number of guanidine groups is 1. The van der Waals surface area contributed by atoms with Crippen molar-refractivity contribution in [1.29, 1.82) is 0 Å². The molecule has 0 aliphatic carbocycles. The standard InChI is InChI=1S/C22H27N5/c1-3-23-22(25-15-21-12-8-7-9-18(21)2)24-13-20-14-26-27(17-20)16-19-10-5-4-6-11-19/h4-12,14,17H,3,13,15-16H2,1-2H3,(H2,23,24,25). The Balaban J connectivity index is 1.59. The molecule has 0 bridgehead atoms. The van der Waals surface area contributed by atoms with Gasteiger partial charge in [-0.25, -0.2) is 4.99 Å². The van der Waals surface area contributed by atoms with Crippen LogP contribution in [0.4, 0.5) is 0 Å². The summed E-state index contributed by atoms with van der Waals surface area (Å²) in [5.41, 5.74) is 4.89. The highest BCUT2D eigenvalue weighted by Gasteiger charge is 2.03. The molecule has 3 aromatic rings. The highest BCUT2D eigenvalue weighted by Crippen LogP contribution is 2.07. The molecule has 0 unspecified atom stereocenters. The highest BCUT2D eigenvalue weighted by atomic mass is 15.3. The zero-order valence-electron chi connectivity index (χ0n) is 16.0. The van der Waals surface area contributed by atoms with Gasteiger partial charge in [0.25, 0.3) is 0 Å². The monoisotopic (exact) mass is 361 g/mol. The number of hydrogen-bond acceptors (Lipinski definition) is 2. The van der Waals surface area contributed by atoms with Crippen molar-refractivity contribution in [2.75, 3.05) is 6.54 Å². The molecule has 5 nitrogen and oxygen atoms in total. The van der Waals surface area contributed by atoms with Crippen molar-refractivity contribution in [3.05, 3.63) is 89.2 Å². The van der Waals surface area contributed by atoms with Gasteiger partial charge in [-0.1, -0.05) is 54.6 Å². The molecular formula is C22H27N5. The zero-order valence-corrected chi connectivity index (χ0v) is 16.0. The molecule has 3 rings (SSSR count). The van der Waals surface area contributed by atoms with E-state index >= 15 is 0 Å². The average Bonchev–Trinajstić information content (AvgIpc) is 3.13. The Hall–Kier alpha value is -3.08. The fraction of sp³-hybridized carbons (Fsp3) is 0.273. The lowest BCUT2D eigenvalue weighted by Crippen LogP contribution is -2.36. The van der Waals surface area contributed by atoms with Crippen LogP contribution in [0, 0.1) is 6.92 Å². The van der Waals surface area contributed by atoms with Crippen LogP contribution in [-0.2, 0) is 19.6 Å². The molecule has 5 heteroatoms. The van der Waals surface area contributed by atoms with Gasteiger partial charge in [-0.05, 0) is 30.5 Å². The Morgan fingerprint density at radius 2 is 1.78 bits per heavy atom. The predicted octanol–water partition coefficient (Wildman–Crippen LogP) is 3.50. The largest absolute Gasteiger partial charge is 0.357 e. The summed E-state index contributed by atoms with van der Waals surface area (Å²) in [4.78, 5) is 4.69. The molecule has 0 aliphatic heterocycles. The molecule has 0 saturated heterocycles. The van der Waals surface area contributed by atoms with Gasteiger partial charge in [-0.15, -0.1) is 0 Å². The first kappa shape index (κ1) is 18.7. The molecular weight excluding hydrogens is 334 g/mol. The summed E-state index contributed by atoms with van der Waals surface area (Å²) in [5, 5.41) is 11.2. The highest BCUT2D eigenvalue weighted by molar-refractivity contribution is 5.79. The van der Waals surface area contributed by atoms with E-state index in [9.17, 15) is 0 Å². The number of aryl methyl sites for hydroxylation is 1. The first-order valence-corrected chi connectivity index (χ1v) is 9.36. The smallest absolute Gasteiger partial charge is 0.191 e. The SMILES string of the molecule is CCNC(=NCc1cnn(Cc2ccccc2)c1)NCc1ccccc1C. The van der Waals surface area contributed by atoms with Crippen LogP contribution in [0.2, 0.25) is 0 Å². The van der Waals surface area contributed by atoms with Crippen molar-refractivity contribution in [3.63, 3.8) is 0 Å². The minimum absolute atomic E-state index is 0.595. The second kappa shape index (κ2) is 9.57. The van der Waals surface area contributed by atoms with Gasteiger partial charge in [0.15, 0.2) is 5.96 Å². The molecule has 0 radical (unpaired) electrons. The molecule has 2 aromatic carbocycles. The maximum absolute atomic E-state index is 4.69. The third-order valence-electron chi connectivity index (χ3n) is 4.35. The van der Waals surface area contributed by atoms with Crippen LogP contribution < -0.4 is 10.6 Å². The van der Waals surface area contributed by atoms with E-state index in [0.717, 1.165) is 31.2 Å². The minimum atomic E-state index is 0.595. The Kier molecular flexibility index (Phi) is 6.63. The third-order valence-corrected chi connectivity index (χ3v) is 4.35. The summed E-state index contributed by atoms with van der Waals surface area (Å²) in [6.45, 7) is 7.15. The molecule has 0 atom stereocenters. The normalized spacial score (nSPS) is 11.4. The number of hydrogen-bond donors (Lipinski definition) is 2. The topological polar surface area (TPSA) is 54.2 Å². The number of aliphatic imine (C=N–C) groups is 1. The quantitative estimate of drug-likeness (QED) is 0.500. The van der Waals surface area contributed by atoms with Gasteiger partial charge in [0, 0.05) is 24.8 Å². The number of rotatable bonds is 7. The van der Waals surface area contributed by atoms with Gasteiger partial charge in [0.05, 0.1) is 19.3 Å². The molecule has 27 heavy (non-hydrogen) atoms. The molecule has 0 fully saturated rings. The van der Waals surface area contributed by atoms with Gasteiger partial charge in [0.1, 0.15) is 0 Å². The zero-order chi connectivity index (χ0) is 18.9. The molecule has 140 valence electrons. The van der Waals surface area contributed by atoms with Gasteiger partial charge >= 0.3 is 0 Å². The lowest BCUT2D eigenvalue weighted by atomic mass is 10.1. The summed E-state index contributed by atoms with van der Waals surface area (Å²) in [5.74, 6) is 0.816. The summed E-state index contributed by atoms with van der Waals surface area (Å²) in [6.07, 6.45) is 3.94. The van der Waals surface area contributed by atoms with Crippen molar-refractivity contribution in [3.8, 4) is 0 Å². The fourth-order valence-electron chi connectivity index (χ4n) is 2.84. The van der Waals surface area contributed by atoms with Crippen molar-refractivity contribution in [2.45, 2.75) is 33.5 Å². The van der Waals surface area contributed by atoms with E-state index in [-0.39, 0.29) is 0 Å². The van der Waals surface area contributed by atoms with Crippen molar-refractivity contribution in [1.82, 2.24) is 20.4 Å². The van der Waals surface area contributed by atoms with E-state index < -0.39 is 0 Å². The summed E-state index contributed by atoms with van der Waals surface area (Å²) in [7, 11) is 0. The van der Waals surface area contributed by atoms with Crippen LogP contribution in [0.1, 0.15) is 29.2 Å². The van der Waals surface area contributed by atoms with E-state index in [4.69, 9.17) is 0 Å². The Morgan fingerprint density at radius 1 is 1.00 bits per heavy atom. The van der Waals surface area contributed by atoms with Crippen molar-refractivity contribution < 1.29 is 0 Å². The summed E-state index contributed by atoms with van der Waals surface area (Å²) >= 11 is 0. The minimum Gasteiger partial charge on any atom is -0.357 e. The van der Waals surface area contributed by atoms with Crippen LogP contribution in [0.15, 0.2) is 72.0 Å². The summed E-state index contributed by atoms with van der Waals surface area (Å²) in [6, 6.07) is 18.7. The van der Waals surface area contributed by atoms with Crippen molar-refractivity contribution in [2.24, 2.45) is 4.99 Å². The lowest BCUT2D eigenvalue weighted by Gasteiger charge is -2.12.